The molecule has 1 aromatic carbocycles. The lowest BCUT2D eigenvalue weighted by Crippen LogP contribution is -2.29. The molecule has 1 unspecified atom stereocenters. The molecule has 0 radical (unpaired) electrons. The molecule has 1 aromatic rings. The number of hydrogen-bond acceptors (Lipinski definition) is 4. The van der Waals surface area contributed by atoms with Crippen LogP contribution in [0.15, 0.2) is 24.3 Å². The Morgan fingerprint density at radius 1 is 1.32 bits per heavy atom. The smallest absolute Gasteiger partial charge is 0.233 e. The molecule has 0 aliphatic carbocycles. The van der Waals surface area contributed by atoms with Gasteiger partial charge in [-0.05, 0) is 37.5 Å². The van der Waals surface area contributed by atoms with Gasteiger partial charge in [-0.1, -0.05) is 19.1 Å². The van der Waals surface area contributed by atoms with Crippen molar-refractivity contribution in [2.75, 3.05) is 32.1 Å². The molecule has 1 fully saturated rings. The van der Waals surface area contributed by atoms with Crippen molar-refractivity contribution in [3.8, 4) is 5.75 Å². The Bertz CT molecular complexity index is 481. The molecule has 0 N–H and O–H groups in total. The zero-order valence-electron chi connectivity index (χ0n) is 13.4. The van der Waals surface area contributed by atoms with Crippen molar-refractivity contribution in [3.63, 3.8) is 0 Å². The van der Waals surface area contributed by atoms with Gasteiger partial charge in [0.25, 0.3) is 0 Å². The number of ether oxygens (including phenoxy) is 2. The van der Waals surface area contributed by atoms with Gasteiger partial charge >= 0.3 is 0 Å². The van der Waals surface area contributed by atoms with Crippen LogP contribution in [0.4, 0.5) is 0 Å². The topological polar surface area (TPSA) is 38.8 Å². The number of amides is 1. The van der Waals surface area contributed by atoms with Gasteiger partial charge < -0.3 is 14.4 Å². The third-order valence-electron chi connectivity index (χ3n) is 3.46. The molecule has 1 aliphatic rings. The van der Waals surface area contributed by atoms with E-state index in [1.54, 1.807) is 11.8 Å². The molecule has 2 rings (SSSR count). The summed E-state index contributed by atoms with van der Waals surface area (Å²) in [7, 11) is 0. The van der Waals surface area contributed by atoms with Crippen LogP contribution >= 0.6 is 11.8 Å². The summed E-state index contributed by atoms with van der Waals surface area (Å²) in [6.45, 7) is 6.99. The van der Waals surface area contributed by atoms with Crippen molar-refractivity contribution in [1.29, 1.82) is 0 Å². The second kappa shape index (κ2) is 9.06. The summed E-state index contributed by atoms with van der Waals surface area (Å²) in [5.41, 5.74) is 1.14. The van der Waals surface area contributed by atoms with Crippen LogP contribution in [0.3, 0.4) is 0 Å². The molecule has 1 atom stereocenters. The van der Waals surface area contributed by atoms with Gasteiger partial charge in [0, 0.05) is 19.8 Å². The highest BCUT2D eigenvalue weighted by molar-refractivity contribution is 8.00. The maximum atomic E-state index is 12.1. The molecule has 0 saturated carbocycles. The highest BCUT2D eigenvalue weighted by Crippen LogP contribution is 2.39. The van der Waals surface area contributed by atoms with E-state index in [0.717, 1.165) is 37.3 Å². The first-order valence-corrected chi connectivity index (χ1v) is 9.02. The largest absolute Gasteiger partial charge is 0.494 e. The summed E-state index contributed by atoms with van der Waals surface area (Å²) in [5, 5.41) is 0.0964. The summed E-state index contributed by atoms with van der Waals surface area (Å²) in [4.78, 5) is 14.1. The Labute approximate surface area is 137 Å². The summed E-state index contributed by atoms with van der Waals surface area (Å²) in [6.07, 6.45) is 1.92. The molecule has 1 heterocycles. The standard InChI is InChI=1S/C17H25NO3S/c1-3-10-20-11-6-9-18-16(19)13-22-17(18)14-7-5-8-15(12-14)21-4-2/h5,7-8,12,17H,3-4,6,9-11,13H2,1-2H3. The number of thioether (sulfide) groups is 1. The van der Waals surface area contributed by atoms with Gasteiger partial charge in [-0.2, -0.15) is 0 Å². The summed E-state index contributed by atoms with van der Waals surface area (Å²) in [6, 6.07) is 8.06. The maximum absolute atomic E-state index is 12.1. The van der Waals surface area contributed by atoms with E-state index in [1.165, 1.54) is 0 Å². The highest BCUT2D eigenvalue weighted by Gasteiger charge is 2.32. The molecular weight excluding hydrogens is 298 g/mol. The van der Waals surface area contributed by atoms with Crippen LogP contribution in [-0.4, -0.2) is 42.9 Å². The monoisotopic (exact) mass is 323 g/mol. The Morgan fingerprint density at radius 3 is 2.95 bits per heavy atom. The number of carbonyl (C=O) groups excluding carboxylic acids is 1. The van der Waals surface area contributed by atoms with Gasteiger partial charge in [0.1, 0.15) is 11.1 Å². The summed E-state index contributed by atoms with van der Waals surface area (Å²) in [5.74, 6) is 1.64. The number of carbonyl (C=O) groups is 1. The first-order valence-electron chi connectivity index (χ1n) is 7.97. The van der Waals surface area contributed by atoms with Crippen molar-refractivity contribution < 1.29 is 14.3 Å². The van der Waals surface area contributed by atoms with Crippen LogP contribution in [0.2, 0.25) is 0 Å². The van der Waals surface area contributed by atoms with Crippen molar-refractivity contribution >= 4 is 17.7 Å². The van der Waals surface area contributed by atoms with E-state index in [-0.39, 0.29) is 11.3 Å². The molecule has 4 nitrogen and oxygen atoms in total. The first-order chi connectivity index (χ1) is 10.8. The average Bonchev–Trinajstić information content (AvgIpc) is 2.89. The molecular formula is C17H25NO3S. The number of rotatable bonds is 9. The summed E-state index contributed by atoms with van der Waals surface area (Å²) >= 11 is 1.69. The zero-order valence-corrected chi connectivity index (χ0v) is 14.2. The zero-order chi connectivity index (χ0) is 15.8. The molecule has 0 spiro atoms. The second-order valence-corrected chi connectivity index (χ2v) is 6.29. The Balaban J connectivity index is 1.96. The Hall–Kier alpha value is -1.20. The van der Waals surface area contributed by atoms with Crippen molar-refractivity contribution in [2.24, 2.45) is 0 Å². The summed E-state index contributed by atoms with van der Waals surface area (Å²) < 4.78 is 11.1. The maximum Gasteiger partial charge on any atom is 0.233 e. The third kappa shape index (κ3) is 4.65. The van der Waals surface area contributed by atoms with Gasteiger partial charge in [0.2, 0.25) is 5.91 Å². The van der Waals surface area contributed by atoms with E-state index in [9.17, 15) is 4.79 Å². The van der Waals surface area contributed by atoms with Gasteiger partial charge in [0.15, 0.2) is 0 Å². The normalized spacial score (nSPS) is 18.0. The Kier molecular flexibility index (Phi) is 7.06. The fourth-order valence-corrected chi connectivity index (χ4v) is 3.69. The van der Waals surface area contributed by atoms with Crippen LogP contribution < -0.4 is 4.74 Å². The minimum Gasteiger partial charge on any atom is -0.494 e. The van der Waals surface area contributed by atoms with Crippen LogP contribution in [0.5, 0.6) is 5.75 Å². The van der Waals surface area contributed by atoms with E-state index in [2.05, 4.69) is 13.0 Å². The predicted octanol–water partition coefficient (Wildman–Crippen LogP) is 3.48. The Morgan fingerprint density at radius 2 is 2.18 bits per heavy atom. The van der Waals surface area contributed by atoms with E-state index in [1.807, 2.05) is 30.0 Å². The first kappa shape index (κ1) is 17.2. The molecule has 1 amide bonds. The average molecular weight is 323 g/mol. The van der Waals surface area contributed by atoms with Gasteiger partial charge in [-0.3, -0.25) is 4.79 Å². The fraction of sp³-hybridized carbons (Fsp3) is 0.588. The number of nitrogens with zero attached hydrogens (tertiary/aromatic N) is 1. The van der Waals surface area contributed by atoms with Crippen LogP contribution in [0, 0.1) is 0 Å². The van der Waals surface area contributed by atoms with Crippen LogP contribution in [0.25, 0.3) is 0 Å². The SMILES string of the molecule is CCCOCCCN1C(=O)CSC1c1cccc(OCC)c1. The van der Waals surface area contributed by atoms with Crippen molar-refractivity contribution in [1.82, 2.24) is 4.90 Å². The van der Waals surface area contributed by atoms with Gasteiger partial charge in [-0.15, -0.1) is 11.8 Å². The lowest BCUT2D eigenvalue weighted by atomic mass is 10.2. The molecule has 1 aliphatic heterocycles. The molecule has 1 saturated heterocycles. The molecule has 0 bridgehead atoms. The van der Waals surface area contributed by atoms with Gasteiger partial charge in [-0.25, -0.2) is 0 Å². The van der Waals surface area contributed by atoms with Crippen LogP contribution in [0.1, 0.15) is 37.6 Å². The number of benzene rings is 1. The predicted molar refractivity (Wildman–Crippen MR) is 90.3 cm³/mol. The minimum absolute atomic E-state index is 0.0964. The highest BCUT2D eigenvalue weighted by atomic mass is 32.2. The lowest BCUT2D eigenvalue weighted by molar-refractivity contribution is -0.128. The van der Waals surface area contributed by atoms with Gasteiger partial charge in [0.05, 0.1) is 12.4 Å². The fourth-order valence-electron chi connectivity index (χ4n) is 2.48. The second-order valence-electron chi connectivity index (χ2n) is 5.22. The molecule has 5 heteroatoms. The minimum atomic E-state index is 0.0964. The van der Waals surface area contributed by atoms with Crippen LogP contribution in [-0.2, 0) is 9.53 Å². The quantitative estimate of drug-likeness (QED) is 0.652. The molecule has 22 heavy (non-hydrogen) atoms. The van der Waals surface area contributed by atoms with E-state index in [0.29, 0.717) is 19.0 Å². The third-order valence-corrected chi connectivity index (χ3v) is 4.71. The van der Waals surface area contributed by atoms with Crippen molar-refractivity contribution in [3.05, 3.63) is 29.8 Å². The molecule has 0 aromatic heterocycles. The van der Waals surface area contributed by atoms with Crippen molar-refractivity contribution in [2.45, 2.75) is 32.1 Å². The van der Waals surface area contributed by atoms with E-state index < -0.39 is 0 Å². The number of hydrogen-bond donors (Lipinski definition) is 0. The van der Waals surface area contributed by atoms with E-state index in [4.69, 9.17) is 9.47 Å². The molecule has 122 valence electrons. The van der Waals surface area contributed by atoms with E-state index >= 15 is 0 Å². The lowest BCUT2D eigenvalue weighted by Gasteiger charge is -2.24.